The summed E-state index contributed by atoms with van der Waals surface area (Å²) in [5.74, 6) is 0. The van der Waals surface area contributed by atoms with Crippen molar-refractivity contribution in [3.63, 3.8) is 0 Å². The van der Waals surface area contributed by atoms with E-state index in [9.17, 15) is 20.1 Å². The fourth-order valence-electron chi connectivity index (χ4n) is 1.36. The van der Waals surface area contributed by atoms with Crippen LogP contribution in [0.4, 0.5) is 4.79 Å². The lowest BCUT2D eigenvalue weighted by molar-refractivity contribution is -0.233. The third kappa shape index (κ3) is 2.55. The number of nitrogens with one attached hydrogen (secondary N) is 1. The van der Waals surface area contributed by atoms with Crippen molar-refractivity contribution < 1.29 is 30.0 Å². The Morgan fingerprint density at radius 3 is 2.33 bits per heavy atom. The quantitative estimate of drug-likeness (QED) is 0.285. The van der Waals surface area contributed by atoms with Crippen molar-refractivity contribution in [2.45, 2.75) is 30.6 Å². The Morgan fingerprint density at radius 1 is 1.27 bits per heavy atom. The smallest absolute Gasteiger partial charge is 0.314 e. The van der Waals surface area contributed by atoms with Crippen molar-refractivity contribution in [1.82, 2.24) is 5.32 Å². The largest absolute Gasteiger partial charge is 0.394 e. The van der Waals surface area contributed by atoms with Crippen LogP contribution in [0.15, 0.2) is 0 Å². The monoisotopic (exact) mass is 222 g/mol. The van der Waals surface area contributed by atoms with Crippen molar-refractivity contribution in [1.29, 1.82) is 0 Å². The molecule has 0 spiro atoms. The van der Waals surface area contributed by atoms with Crippen LogP contribution in [0.2, 0.25) is 0 Å². The van der Waals surface area contributed by atoms with Crippen molar-refractivity contribution in [3.8, 4) is 0 Å². The van der Waals surface area contributed by atoms with E-state index in [2.05, 4.69) is 0 Å². The van der Waals surface area contributed by atoms with E-state index in [4.69, 9.17) is 15.6 Å². The summed E-state index contributed by atoms with van der Waals surface area (Å²) in [5.41, 5.74) is 4.80. The molecule has 88 valence electrons. The lowest BCUT2D eigenvalue weighted by Crippen LogP contribution is -2.63. The maximum atomic E-state index is 10.5. The fourth-order valence-corrected chi connectivity index (χ4v) is 1.36. The van der Waals surface area contributed by atoms with Crippen molar-refractivity contribution in [3.05, 3.63) is 0 Å². The van der Waals surface area contributed by atoms with E-state index in [1.165, 1.54) is 0 Å². The number of ether oxygens (including phenoxy) is 1. The lowest BCUT2D eigenvalue weighted by Gasteiger charge is -2.39. The highest BCUT2D eigenvalue weighted by molar-refractivity contribution is 5.71. The van der Waals surface area contributed by atoms with Gasteiger partial charge in [0.15, 0.2) is 6.23 Å². The summed E-state index contributed by atoms with van der Waals surface area (Å²) >= 11 is 0. The third-order valence-electron chi connectivity index (χ3n) is 2.18. The van der Waals surface area contributed by atoms with Crippen LogP contribution in [-0.4, -0.2) is 63.7 Å². The van der Waals surface area contributed by atoms with Gasteiger partial charge < -0.3 is 36.2 Å². The number of amides is 2. The molecular weight excluding hydrogens is 208 g/mol. The fraction of sp³-hybridized carbons (Fsp3) is 0.857. The topological polar surface area (TPSA) is 145 Å². The van der Waals surface area contributed by atoms with Crippen molar-refractivity contribution >= 4 is 6.03 Å². The molecule has 1 aliphatic rings. The van der Waals surface area contributed by atoms with Gasteiger partial charge in [-0.25, -0.2) is 4.79 Å². The zero-order valence-corrected chi connectivity index (χ0v) is 7.78. The van der Waals surface area contributed by atoms with Crippen LogP contribution in [0.5, 0.6) is 0 Å². The van der Waals surface area contributed by atoms with Crippen LogP contribution in [0.25, 0.3) is 0 Å². The summed E-state index contributed by atoms with van der Waals surface area (Å²) < 4.78 is 4.92. The summed E-state index contributed by atoms with van der Waals surface area (Å²) in [4.78, 5) is 10.5. The van der Waals surface area contributed by atoms with Gasteiger partial charge in [-0.15, -0.1) is 0 Å². The molecule has 15 heavy (non-hydrogen) atoms. The molecule has 7 N–H and O–H groups in total. The van der Waals surface area contributed by atoms with Crippen LogP contribution >= 0.6 is 0 Å². The van der Waals surface area contributed by atoms with Gasteiger partial charge in [0, 0.05) is 0 Å². The SMILES string of the molecule is NC(=O)NC1OC(CO)C(O)C(O)C1O. The van der Waals surface area contributed by atoms with E-state index >= 15 is 0 Å². The Balaban J connectivity index is 2.69. The predicted molar refractivity (Wildman–Crippen MR) is 46.5 cm³/mol. The molecule has 1 saturated heterocycles. The highest BCUT2D eigenvalue weighted by Crippen LogP contribution is 2.19. The number of primary amides is 1. The normalized spacial score (nSPS) is 41.2. The maximum Gasteiger partial charge on any atom is 0.314 e. The molecule has 1 aliphatic heterocycles. The Hall–Kier alpha value is -0.930. The summed E-state index contributed by atoms with van der Waals surface area (Å²) in [6.07, 6.45) is -6.78. The molecule has 0 aliphatic carbocycles. The minimum atomic E-state index is -1.52. The van der Waals surface area contributed by atoms with Gasteiger partial charge in [0.05, 0.1) is 6.61 Å². The second-order valence-corrected chi connectivity index (χ2v) is 3.26. The van der Waals surface area contributed by atoms with Gasteiger partial charge in [0.2, 0.25) is 0 Å². The minimum absolute atomic E-state index is 0.554. The molecule has 0 aromatic heterocycles. The molecule has 0 radical (unpaired) electrons. The Kier molecular flexibility index (Phi) is 3.83. The molecule has 5 unspecified atom stereocenters. The molecule has 1 heterocycles. The zero-order chi connectivity index (χ0) is 11.6. The van der Waals surface area contributed by atoms with Gasteiger partial charge in [-0.05, 0) is 0 Å². The van der Waals surface area contributed by atoms with Gasteiger partial charge >= 0.3 is 6.03 Å². The number of rotatable bonds is 2. The number of carbonyl (C=O) groups is 1. The Bertz CT molecular complexity index is 236. The highest BCUT2D eigenvalue weighted by Gasteiger charge is 2.43. The summed E-state index contributed by atoms with van der Waals surface area (Å²) in [7, 11) is 0. The third-order valence-corrected chi connectivity index (χ3v) is 2.18. The molecule has 0 aromatic rings. The van der Waals surface area contributed by atoms with Gasteiger partial charge in [0.1, 0.15) is 24.4 Å². The first kappa shape index (κ1) is 12.1. The standard InChI is InChI=1S/C7H14N2O6/c8-7(14)9-6-5(13)4(12)3(11)2(1-10)15-6/h2-6,10-13H,1H2,(H3,8,9,14). The van der Waals surface area contributed by atoms with Crippen LogP contribution in [0.3, 0.4) is 0 Å². The number of aliphatic hydroxyl groups is 4. The van der Waals surface area contributed by atoms with Crippen LogP contribution in [0, 0.1) is 0 Å². The van der Waals surface area contributed by atoms with Gasteiger partial charge in [0.25, 0.3) is 0 Å². The number of urea groups is 1. The highest BCUT2D eigenvalue weighted by atomic mass is 16.6. The minimum Gasteiger partial charge on any atom is -0.394 e. The van der Waals surface area contributed by atoms with Crippen LogP contribution in [0.1, 0.15) is 0 Å². The van der Waals surface area contributed by atoms with Crippen LogP contribution in [-0.2, 0) is 4.74 Å². The van der Waals surface area contributed by atoms with Crippen molar-refractivity contribution in [2.75, 3.05) is 6.61 Å². The first-order chi connectivity index (χ1) is 6.97. The van der Waals surface area contributed by atoms with Crippen LogP contribution < -0.4 is 11.1 Å². The average Bonchev–Trinajstić information content (AvgIpc) is 2.18. The number of aliphatic hydroxyl groups excluding tert-OH is 4. The number of nitrogens with two attached hydrogens (primary N) is 1. The number of hydrogen-bond donors (Lipinski definition) is 6. The predicted octanol–water partition coefficient (Wildman–Crippen LogP) is -3.55. The van der Waals surface area contributed by atoms with Crippen molar-refractivity contribution in [2.24, 2.45) is 5.73 Å². The number of carbonyl (C=O) groups excluding carboxylic acids is 1. The molecule has 1 fully saturated rings. The Labute approximate surface area is 85.3 Å². The first-order valence-electron chi connectivity index (χ1n) is 4.34. The molecule has 0 aromatic carbocycles. The average molecular weight is 222 g/mol. The maximum absolute atomic E-state index is 10.5. The zero-order valence-electron chi connectivity index (χ0n) is 7.78. The number of hydrogen-bond acceptors (Lipinski definition) is 6. The molecule has 5 atom stereocenters. The van der Waals surface area contributed by atoms with Gasteiger partial charge in [-0.2, -0.15) is 0 Å². The lowest BCUT2D eigenvalue weighted by atomic mass is 9.98. The molecule has 0 bridgehead atoms. The van der Waals surface area contributed by atoms with Gasteiger partial charge in [-0.3, -0.25) is 0 Å². The van der Waals surface area contributed by atoms with E-state index in [0.717, 1.165) is 0 Å². The molecule has 2 amide bonds. The van der Waals surface area contributed by atoms with E-state index < -0.39 is 43.3 Å². The summed E-state index contributed by atoms with van der Waals surface area (Å²) in [5, 5.41) is 38.9. The summed E-state index contributed by atoms with van der Waals surface area (Å²) in [6, 6.07) is -0.945. The molecular formula is C7H14N2O6. The second-order valence-electron chi connectivity index (χ2n) is 3.26. The van der Waals surface area contributed by atoms with E-state index in [1.807, 2.05) is 5.32 Å². The Morgan fingerprint density at radius 2 is 1.87 bits per heavy atom. The van der Waals surface area contributed by atoms with Gasteiger partial charge in [-0.1, -0.05) is 0 Å². The van der Waals surface area contributed by atoms with E-state index in [1.54, 1.807) is 0 Å². The van der Waals surface area contributed by atoms with E-state index in [-0.39, 0.29) is 0 Å². The molecule has 8 nitrogen and oxygen atoms in total. The van der Waals surface area contributed by atoms with E-state index in [0.29, 0.717) is 0 Å². The second kappa shape index (κ2) is 4.73. The molecule has 0 saturated carbocycles. The molecule has 1 rings (SSSR count). The molecule has 8 heteroatoms. The first-order valence-corrected chi connectivity index (χ1v) is 4.34. The summed E-state index contributed by atoms with van der Waals surface area (Å²) in [6.45, 7) is -0.554.